The molecule has 0 atom stereocenters. The molecule has 0 aromatic heterocycles. The van der Waals surface area contributed by atoms with Crippen LogP contribution in [0.1, 0.15) is 75.9 Å². The van der Waals surface area contributed by atoms with Crippen molar-refractivity contribution in [3.63, 3.8) is 0 Å². The predicted molar refractivity (Wildman–Crippen MR) is 146 cm³/mol. The fourth-order valence-corrected chi connectivity index (χ4v) is 3.62. The number of hydrogen-bond acceptors (Lipinski definition) is 3. The van der Waals surface area contributed by atoms with Gasteiger partial charge in [-0.2, -0.15) is 0 Å². The van der Waals surface area contributed by atoms with Crippen LogP contribution in [-0.2, 0) is 10.8 Å². The first-order chi connectivity index (χ1) is 15.6. The van der Waals surface area contributed by atoms with Gasteiger partial charge in [0.1, 0.15) is 11.5 Å². The maximum atomic E-state index is 13.1. The molecule has 3 N–H and O–H groups in total. The summed E-state index contributed by atoms with van der Waals surface area (Å²) in [4.78, 5) is 13.1. The van der Waals surface area contributed by atoms with Crippen molar-refractivity contribution in [2.24, 2.45) is 0 Å². The van der Waals surface area contributed by atoms with Crippen LogP contribution in [-0.4, -0.2) is 5.91 Å². The molecule has 0 aliphatic heterocycles. The molecule has 0 heterocycles. The maximum absolute atomic E-state index is 13.1. The molecule has 3 aromatic rings. The Bertz CT molecular complexity index is 1120. The molecule has 0 bridgehead atoms. The number of nitrogens with one attached hydrogen (secondary N) is 1. The van der Waals surface area contributed by atoms with E-state index in [-0.39, 0.29) is 29.1 Å². The van der Waals surface area contributed by atoms with Crippen molar-refractivity contribution in [2.75, 3.05) is 11.1 Å². The molecule has 3 rings (SSSR count). The van der Waals surface area contributed by atoms with Gasteiger partial charge in [0.25, 0.3) is 5.91 Å². The van der Waals surface area contributed by atoms with Gasteiger partial charge in [0.2, 0.25) is 0 Å². The fraction of sp³-hybridized carbons (Fsp3) is 0.345. The maximum Gasteiger partial charge on any atom is 0.259 e. The minimum Gasteiger partial charge on any atom is -0.456 e. The van der Waals surface area contributed by atoms with Gasteiger partial charge in [0.15, 0.2) is 0 Å². The summed E-state index contributed by atoms with van der Waals surface area (Å²) < 4.78 is 6.43. The number of para-hydroxylation sites is 1. The molecule has 0 aliphatic rings. The van der Waals surface area contributed by atoms with E-state index in [4.69, 9.17) is 10.5 Å². The van der Waals surface area contributed by atoms with Gasteiger partial charge >= 0.3 is 0 Å². The van der Waals surface area contributed by atoms with Gasteiger partial charge in [-0.1, -0.05) is 71.9 Å². The first-order valence-corrected chi connectivity index (χ1v) is 11.7. The van der Waals surface area contributed by atoms with Gasteiger partial charge in [-0.3, -0.25) is 4.79 Å². The summed E-state index contributed by atoms with van der Waals surface area (Å²) in [6, 6.07) is 21.0. The van der Waals surface area contributed by atoms with Crippen LogP contribution >= 0.6 is 12.4 Å². The molecule has 0 saturated carbocycles. The molecule has 34 heavy (non-hydrogen) atoms. The molecule has 0 aliphatic carbocycles. The first kappa shape index (κ1) is 27.3. The van der Waals surface area contributed by atoms with E-state index in [0.717, 1.165) is 29.8 Å². The number of nitrogen functional groups attached to an aromatic ring is 1. The van der Waals surface area contributed by atoms with Crippen LogP contribution in [0.4, 0.5) is 11.4 Å². The number of nitrogens with two attached hydrogens (primary N) is 1. The Morgan fingerprint density at radius 2 is 1.47 bits per heavy atom. The number of ether oxygens (including phenoxy) is 1. The van der Waals surface area contributed by atoms with Crippen molar-refractivity contribution >= 4 is 29.7 Å². The van der Waals surface area contributed by atoms with Gasteiger partial charge < -0.3 is 15.8 Å². The van der Waals surface area contributed by atoms with Crippen molar-refractivity contribution in [2.45, 2.75) is 65.2 Å². The zero-order valence-corrected chi connectivity index (χ0v) is 21.9. The lowest BCUT2D eigenvalue weighted by molar-refractivity contribution is 0.102. The molecule has 182 valence electrons. The monoisotopic (exact) mass is 480 g/mol. The Balaban J connectivity index is 0.00000408. The lowest BCUT2D eigenvalue weighted by Crippen LogP contribution is -2.21. The summed E-state index contributed by atoms with van der Waals surface area (Å²) in [5.74, 6) is 0.979. The summed E-state index contributed by atoms with van der Waals surface area (Å²) in [7, 11) is 0. The van der Waals surface area contributed by atoms with E-state index in [2.05, 4.69) is 59.0 Å². The number of carbonyl (C=O) groups excluding carboxylic acids is 1. The van der Waals surface area contributed by atoms with Crippen molar-refractivity contribution in [3.8, 4) is 11.5 Å². The minimum atomic E-state index is -0.261. The van der Waals surface area contributed by atoms with Gasteiger partial charge in [-0.05, 0) is 65.6 Å². The number of anilines is 2. The van der Waals surface area contributed by atoms with Crippen LogP contribution in [0.2, 0.25) is 0 Å². The largest absolute Gasteiger partial charge is 0.456 e. The summed E-state index contributed by atoms with van der Waals surface area (Å²) in [6.45, 7) is 13.4. The first-order valence-electron chi connectivity index (χ1n) is 11.7. The molecule has 1 amide bonds. The Kier molecular flexibility index (Phi) is 8.79. The van der Waals surface area contributed by atoms with Crippen molar-refractivity contribution in [1.29, 1.82) is 0 Å². The number of halogens is 1. The third-order valence-corrected chi connectivity index (χ3v) is 6.76. The molecule has 0 saturated heterocycles. The van der Waals surface area contributed by atoms with E-state index in [1.165, 1.54) is 5.56 Å². The number of rotatable bonds is 8. The van der Waals surface area contributed by atoms with Gasteiger partial charge in [-0.15, -0.1) is 12.4 Å². The topological polar surface area (TPSA) is 64.3 Å². The predicted octanol–water partition coefficient (Wildman–Crippen LogP) is 8.11. The summed E-state index contributed by atoms with van der Waals surface area (Å²) in [6.07, 6.45) is 2.00. The second-order valence-electron chi connectivity index (χ2n) is 9.86. The SMILES string of the molecule is CCC(C)(C)c1ccc(Oc2ccc(N)cc2C(=O)Nc2ccccc2)c(C(C)(C)CC)c1.Cl. The highest BCUT2D eigenvalue weighted by Crippen LogP contribution is 2.40. The highest BCUT2D eigenvalue weighted by molar-refractivity contribution is 6.06. The van der Waals surface area contributed by atoms with Crippen LogP contribution in [0.5, 0.6) is 11.5 Å². The summed E-state index contributed by atoms with van der Waals surface area (Å²) in [5.41, 5.74) is 10.0. The van der Waals surface area contributed by atoms with Crippen molar-refractivity contribution in [3.05, 3.63) is 83.4 Å². The smallest absolute Gasteiger partial charge is 0.259 e. The highest BCUT2D eigenvalue weighted by atomic mass is 35.5. The molecule has 0 radical (unpaired) electrons. The highest BCUT2D eigenvalue weighted by Gasteiger charge is 2.27. The summed E-state index contributed by atoms with van der Waals surface area (Å²) >= 11 is 0. The van der Waals surface area contributed by atoms with Gasteiger partial charge in [0, 0.05) is 16.9 Å². The molecule has 0 unspecified atom stereocenters. The van der Waals surface area contributed by atoms with E-state index in [1.807, 2.05) is 36.4 Å². The lowest BCUT2D eigenvalue weighted by atomic mass is 9.76. The molecular weight excluding hydrogens is 444 g/mol. The third-order valence-electron chi connectivity index (χ3n) is 6.76. The van der Waals surface area contributed by atoms with E-state index in [9.17, 15) is 4.79 Å². The van der Waals surface area contributed by atoms with Crippen molar-refractivity contribution < 1.29 is 9.53 Å². The van der Waals surface area contributed by atoms with Gasteiger partial charge in [0.05, 0.1) is 5.56 Å². The lowest BCUT2D eigenvalue weighted by Gasteiger charge is -2.30. The van der Waals surface area contributed by atoms with E-state index >= 15 is 0 Å². The number of benzene rings is 3. The quantitative estimate of drug-likeness (QED) is 0.320. The zero-order chi connectivity index (χ0) is 24.2. The molecular formula is C29H37ClN2O2. The summed E-state index contributed by atoms with van der Waals surface area (Å²) in [5, 5.41) is 2.93. The Morgan fingerprint density at radius 3 is 2.09 bits per heavy atom. The van der Waals surface area contributed by atoms with E-state index < -0.39 is 0 Å². The number of hydrogen-bond donors (Lipinski definition) is 2. The normalized spacial score (nSPS) is 11.5. The van der Waals surface area contributed by atoms with Crippen LogP contribution in [0.25, 0.3) is 0 Å². The van der Waals surface area contributed by atoms with E-state index in [0.29, 0.717) is 17.0 Å². The molecule has 0 fully saturated rings. The molecule has 5 heteroatoms. The van der Waals surface area contributed by atoms with Gasteiger partial charge in [-0.25, -0.2) is 0 Å². The molecule has 3 aromatic carbocycles. The van der Waals surface area contributed by atoms with Crippen LogP contribution in [0, 0.1) is 0 Å². The fourth-order valence-electron chi connectivity index (χ4n) is 3.62. The van der Waals surface area contributed by atoms with Crippen LogP contribution < -0.4 is 15.8 Å². The second kappa shape index (κ2) is 11.0. The van der Waals surface area contributed by atoms with Crippen LogP contribution in [0.15, 0.2) is 66.7 Å². The minimum absolute atomic E-state index is 0. The average Bonchev–Trinajstić information content (AvgIpc) is 2.80. The Hall–Kier alpha value is -2.98. The zero-order valence-electron chi connectivity index (χ0n) is 21.1. The average molecular weight is 481 g/mol. The molecule has 0 spiro atoms. The Morgan fingerprint density at radius 1 is 0.853 bits per heavy atom. The molecule has 4 nitrogen and oxygen atoms in total. The Labute approximate surface area is 210 Å². The standard InChI is InChI=1S/C29H36N2O2.ClH/c1-7-28(3,4)20-14-16-26(24(18-20)29(5,6)8-2)33-25-17-15-21(30)19-23(25)27(32)31-22-12-10-9-11-13-22;/h9-19H,7-8,30H2,1-6H3,(H,31,32);1H. The number of amides is 1. The van der Waals surface area contributed by atoms with E-state index in [1.54, 1.807) is 18.2 Å². The second-order valence-corrected chi connectivity index (χ2v) is 9.86. The third kappa shape index (κ3) is 6.12. The van der Waals surface area contributed by atoms with Crippen LogP contribution in [0.3, 0.4) is 0 Å². The van der Waals surface area contributed by atoms with Crippen molar-refractivity contribution in [1.82, 2.24) is 0 Å². The number of carbonyl (C=O) groups is 1.